The quantitative estimate of drug-likeness (QED) is 0.873. The third-order valence-corrected chi connectivity index (χ3v) is 4.05. The number of anilines is 1. The summed E-state index contributed by atoms with van der Waals surface area (Å²) in [6.45, 7) is 8.84. The van der Waals surface area contributed by atoms with Gasteiger partial charge >= 0.3 is 0 Å². The first-order valence-electron chi connectivity index (χ1n) is 7.93. The third kappa shape index (κ3) is 4.30. The van der Waals surface area contributed by atoms with E-state index in [1.54, 1.807) is 0 Å². The molecular formula is C16H28N4O. The van der Waals surface area contributed by atoms with Crippen LogP contribution in [-0.4, -0.2) is 28.2 Å². The van der Waals surface area contributed by atoms with Gasteiger partial charge in [-0.25, -0.2) is 4.98 Å². The van der Waals surface area contributed by atoms with Gasteiger partial charge in [0, 0.05) is 18.3 Å². The molecule has 0 aliphatic heterocycles. The first-order chi connectivity index (χ1) is 9.92. The van der Waals surface area contributed by atoms with Crippen LogP contribution in [0.4, 0.5) is 5.95 Å². The molecule has 0 bridgehead atoms. The highest BCUT2D eigenvalue weighted by atomic mass is 16.5. The molecule has 1 aromatic rings. The first kappa shape index (κ1) is 16.0. The van der Waals surface area contributed by atoms with Crippen LogP contribution in [0.2, 0.25) is 0 Å². The van der Waals surface area contributed by atoms with Gasteiger partial charge in [-0.3, -0.25) is 0 Å². The molecule has 0 radical (unpaired) electrons. The van der Waals surface area contributed by atoms with Crippen molar-refractivity contribution in [1.29, 1.82) is 0 Å². The summed E-state index contributed by atoms with van der Waals surface area (Å²) < 4.78 is 5.69. The number of ether oxygens (including phenoxy) is 1. The van der Waals surface area contributed by atoms with Gasteiger partial charge in [0.05, 0.1) is 11.6 Å². The zero-order chi connectivity index (χ0) is 15.5. The third-order valence-electron chi connectivity index (χ3n) is 4.05. The SMILES string of the molecule is Cc1cc(OC(C)C)nc(NC2(CN)CCCC(C)C2)n1. The molecule has 1 aliphatic rings. The summed E-state index contributed by atoms with van der Waals surface area (Å²) in [5.74, 6) is 1.94. The Morgan fingerprint density at radius 1 is 1.48 bits per heavy atom. The van der Waals surface area contributed by atoms with Crippen LogP contribution in [-0.2, 0) is 0 Å². The van der Waals surface area contributed by atoms with Crippen LogP contribution in [0, 0.1) is 12.8 Å². The van der Waals surface area contributed by atoms with Crippen LogP contribution in [0.25, 0.3) is 0 Å². The smallest absolute Gasteiger partial charge is 0.226 e. The van der Waals surface area contributed by atoms with Crippen molar-refractivity contribution in [2.45, 2.75) is 65.0 Å². The zero-order valence-corrected chi connectivity index (χ0v) is 13.6. The Kier molecular flexibility index (Phi) is 5.04. The fourth-order valence-corrected chi connectivity index (χ4v) is 3.14. The van der Waals surface area contributed by atoms with Crippen molar-refractivity contribution in [3.8, 4) is 5.88 Å². The van der Waals surface area contributed by atoms with Gasteiger partial charge in [-0.1, -0.05) is 19.8 Å². The van der Waals surface area contributed by atoms with Crippen LogP contribution >= 0.6 is 0 Å². The molecule has 5 nitrogen and oxygen atoms in total. The van der Waals surface area contributed by atoms with Crippen LogP contribution in [0.15, 0.2) is 6.07 Å². The predicted molar refractivity (Wildman–Crippen MR) is 85.6 cm³/mol. The van der Waals surface area contributed by atoms with Crippen molar-refractivity contribution in [3.05, 3.63) is 11.8 Å². The fourth-order valence-electron chi connectivity index (χ4n) is 3.14. The van der Waals surface area contributed by atoms with Gasteiger partial charge in [0.15, 0.2) is 0 Å². The molecule has 1 aliphatic carbocycles. The predicted octanol–water partition coefficient (Wildman–Crippen LogP) is 2.89. The van der Waals surface area contributed by atoms with Crippen molar-refractivity contribution < 1.29 is 4.74 Å². The van der Waals surface area contributed by atoms with E-state index in [1.807, 2.05) is 26.8 Å². The molecule has 2 atom stereocenters. The molecule has 2 unspecified atom stereocenters. The van der Waals surface area contributed by atoms with Crippen molar-refractivity contribution in [2.24, 2.45) is 11.7 Å². The molecule has 5 heteroatoms. The van der Waals surface area contributed by atoms with E-state index in [1.165, 1.54) is 12.8 Å². The molecule has 21 heavy (non-hydrogen) atoms. The second-order valence-corrected chi connectivity index (χ2v) is 6.65. The molecule has 1 aromatic heterocycles. The number of rotatable bonds is 5. The van der Waals surface area contributed by atoms with Gasteiger partial charge in [-0.15, -0.1) is 0 Å². The van der Waals surface area contributed by atoms with Crippen LogP contribution < -0.4 is 15.8 Å². The van der Waals surface area contributed by atoms with E-state index in [0.717, 1.165) is 18.5 Å². The van der Waals surface area contributed by atoms with E-state index in [-0.39, 0.29) is 11.6 Å². The number of aromatic nitrogens is 2. The molecule has 1 saturated carbocycles. The lowest BCUT2D eigenvalue weighted by Crippen LogP contribution is -2.49. The van der Waals surface area contributed by atoms with Gasteiger partial charge < -0.3 is 15.8 Å². The van der Waals surface area contributed by atoms with Crippen molar-refractivity contribution in [1.82, 2.24) is 9.97 Å². The van der Waals surface area contributed by atoms with E-state index >= 15 is 0 Å². The normalized spacial score (nSPS) is 25.9. The summed E-state index contributed by atoms with van der Waals surface area (Å²) in [5.41, 5.74) is 6.88. The van der Waals surface area contributed by atoms with Crippen molar-refractivity contribution in [3.63, 3.8) is 0 Å². The molecule has 118 valence electrons. The fraction of sp³-hybridized carbons (Fsp3) is 0.750. The molecule has 0 spiro atoms. The Morgan fingerprint density at radius 3 is 2.86 bits per heavy atom. The number of hydrogen-bond acceptors (Lipinski definition) is 5. The Morgan fingerprint density at radius 2 is 2.24 bits per heavy atom. The average molecular weight is 292 g/mol. The average Bonchev–Trinajstić information content (AvgIpc) is 2.37. The van der Waals surface area contributed by atoms with Crippen molar-refractivity contribution in [2.75, 3.05) is 11.9 Å². The highest BCUT2D eigenvalue weighted by Crippen LogP contribution is 2.34. The van der Waals surface area contributed by atoms with Gasteiger partial charge in [-0.2, -0.15) is 4.98 Å². The molecular weight excluding hydrogens is 264 g/mol. The number of hydrogen-bond donors (Lipinski definition) is 2. The Balaban J connectivity index is 2.18. The van der Waals surface area contributed by atoms with E-state index in [9.17, 15) is 0 Å². The van der Waals surface area contributed by atoms with Crippen LogP contribution in [0.1, 0.15) is 52.1 Å². The molecule has 1 fully saturated rings. The maximum absolute atomic E-state index is 6.06. The Labute approximate surface area is 127 Å². The molecule has 0 saturated heterocycles. The van der Waals surface area contributed by atoms with Gasteiger partial charge in [0.25, 0.3) is 0 Å². The number of nitrogens with one attached hydrogen (secondary N) is 1. The monoisotopic (exact) mass is 292 g/mol. The maximum atomic E-state index is 6.06. The second-order valence-electron chi connectivity index (χ2n) is 6.65. The molecule has 0 aromatic carbocycles. The minimum absolute atomic E-state index is 0.0828. The van der Waals surface area contributed by atoms with E-state index in [4.69, 9.17) is 10.5 Å². The molecule has 3 N–H and O–H groups in total. The second kappa shape index (κ2) is 6.60. The van der Waals surface area contributed by atoms with E-state index in [0.29, 0.717) is 24.3 Å². The standard InChI is InChI=1S/C16H28N4O/c1-11(2)21-14-8-13(4)18-15(19-14)20-16(10-17)7-5-6-12(3)9-16/h8,11-12H,5-7,9-10,17H2,1-4H3,(H,18,19,20). The van der Waals surface area contributed by atoms with Crippen molar-refractivity contribution >= 4 is 5.95 Å². The topological polar surface area (TPSA) is 73.1 Å². The highest BCUT2D eigenvalue weighted by molar-refractivity contribution is 5.34. The molecule has 1 heterocycles. The Bertz CT molecular complexity index is 477. The van der Waals surface area contributed by atoms with Gasteiger partial charge in [0.2, 0.25) is 11.8 Å². The first-order valence-corrected chi connectivity index (χ1v) is 7.93. The Hall–Kier alpha value is -1.36. The largest absolute Gasteiger partial charge is 0.475 e. The zero-order valence-electron chi connectivity index (χ0n) is 13.6. The summed E-state index contributed by atoms with van der Waals surface area (Å²) in [6, 6.07) is 1.86. The summed E-state index contributed by atoms with van der Waals surface area (Å²) in [4.78, 5) is 8.98. The highest BCUT2D eigenvalue weighted by Gasteiger charge is 2.34. The molecule has 0 amide bonds. The van der Waals surface area contributed by atoms with Crippen LogP contribution in [0.5, 0.6) is 5.88 Å². The maximum Gasteiger partial charge on any atom is 0.226 e. The lowest BCUT2D eigenvalue weighted by molar-refractivity contribution is 0.231. The lowest BCUT2D eigenvalue weighted by atomic mass is 9.76. The minimum atomic E-state index is -0.0828. The number of nitrogens with zero attached hydrogens (tertiary/aromatic N) is 2. The van der Waals surface area contributed by atoms with Gasteiger partial charge in [-0.05, 0) is 39.5 Å². The minimum Gasteiger partial charge on any atom is -0.475 e. The van der Waals surface area contributed by atoms with Gasteiger partial charge in [0.1, 0.15) is 0 Å². The summed E-state index contributed by atoms with van der Waals surface area (Å²) >= 11 is 0. The van der Waals surface area contributed by atoms with Crippen LogP contribution in [0.3, 0.4) is 0 Å². The van der Waals surface area contributed by atoms with E-state index < -0.39 is 0 Å². The van der Waals surface area contributed by atoms with E-state index in [2.05, 4.69) is 22.2 Å². The number of aryl methyl sites for hydroxylation is 1. The summed E-state index contributed by atoms with van der Waals surface area (Å²) in [7, 11) is 0. The summed E-state index contributed by atoms with van der Waals surface area (Å²) in [5, 5.41) is 3.50. The number of nitrogens with two attached hydrogens (primary N) is 1. The lowest BCUT2D eigenvalue weighted by Gasteiger charge is -2.40. The molecule has 2 rings (SSSR count). The summed E-state index contributed by atoms with van der Waals surface area (Å²) in [6.07, 6.45) is 4.73.